The zero-order chi connectivity index (χ0) is 25.6. The Hall–Kier alpha value is -4.57. The predicted octanol–water partition coefficient (Wildman–Crippen LogP) is 7.86. The van der Waals surface area contributed by atoms with Crippen molar-refractivity contribution in [3.05, 3.63) is 146 Å². The first-order valence-electron chi connectivity index (χ1n) is 12.3. The van der Waals surface area contributed by atoms with Crippen molar-refractivity contribution < 1.29 is 20.1 Å². The SMILES string of the molecule is [Ir].[c-]1cc2c(ccc3ccccc32)cc1-c1cc(-c2cnccn2)ccn1.[c-]1ccccc1-c1ccccn1. The van der Waals surface area contributed by atoms with Crippen LogP contribution in [-0.4, -0.2) is 19.9 Å². The van der Waals surface area contributed by atoms with Gasteiger partial charge in [-0.15, -0.1) is 65.0 Å². The number of aromatic nitrogens is 4. The summed E-state index contributed by atoms with van der Waals surface area (Å²) in [6, 6.07) is 41.1. The van der Waals surface area contributed by atoms with E-state index in [1.807, 2.05) is 54.6 Å². The molecule has 0 aliphatic carbocycles. The van der Waals surface area contributed by atoms with Gasteiger partial charge in [-0.25, -0.2) is 0 Å². The molecule has 3 aromatic heterocycles. The molecule has 0 aliphatic heterocycles. The van der Waals surface area contributed by atoms with Crippen LogP contribution in [-0.2, 0) is 20.1 Å². The minimum atomic E-state index is 0. The number of pyridine rings is 2. The monoisotopic (exact) mass is 679 g/mol. The molecule has 39 heavy (non-hydrogen) atoms. The zero-order valence-electron chi connectivity index (χ0n) is 20.8. The summed E-state index contributed by atoms with van der Waals surface area (Å²) in [4.78, 5) is 17.3. The van der Waals surface area contributed by atoms with Gasteiger partial charge in [-0.05, 0) is 34.5 Å². The fourth-order valence-corrected chi connectivity index (χ4v) is 4.35. The minimum Gasteiger partial charge on any atom is -0.305 e. The van der Waals surface area contributed by atoms with E-state index in [-0.39, 0.29) is 20.1 Å². The molecule has 7 rings (SSSR count). The van der Waals surface area contributed by atoms with Crippen molar-refractivity contribution in [2.75, 3.05) is 0 Å². The van der Waals surface area contributed by atoms with Crippen molar-refractivity contribution in [3.63, 3.8) is 0 Å². The van der Waals surface area contributed by atoms with Gasteiger partial charge in [-0.1, -0.05) is 65.4 Å². The Morgan fingerprint density at radius 3 is 2.15 bits per heavy atom. The second-order valence-electron chi connectivity index (χ2n) is 8.65. The first-order chi connectivity index (χ1) is 18.8. The van der Waals surface area contributed by atoms with Crippen LogP contribution >= 0.6 is 0 Å². The molecule has 0 bridgehead atoms. The maximum atomic E-state index is 4.52. The quantitative estimate of drug-likeness (QED) is 0.141. The van der Waals surface area contributed by atoms with Crippen LogP contribution in [0.25, 0.3) is 55.3 Å². The molecule has 0 saturated carbocycles. The van der Waals surface area contributed by atoms with Gasteiger partial charge in [-0.2, -0.15) is 0 Å². The summed E-state index contributed by atoms with van der Waals surface area (Å²) in [5.41, 5.74) is 5.69. The molecule has 1 radical (unpaired) electrons. The summed E-state index contributed by atoms with van der Waals surface area (Å²) in [5, 5.41) is 4.87. The zero-order valence-corrected chi connectivity index (χ0v) is 23.2. The molecule has 4 aromatic carbocycles. The molecule has 0 saturated heterocycles. The molecule has 0 atom stereocenters. The van der Waals surface area contributed by atoms with E-state index in [0.29, 0.717) is 0 Å². The third kappa shape index (κ3) is 5.96. The van der Waals surface area contributed by atoms with E-state index in [9.17, 15) is 0 Å². The summed E-state index contributed by atoms with van der Waals surface area (Å²) >= 11 is 0. The van der Waals surface area contributed by atoms with Crippen LogP contribution in [0.1, 0.15) is 0 Å². The molecule has 0 amide bonds. The number of nitrogens with zero attached hydrogens (tertiary/aromatic N) is 4. The molecule has 0 unspecified atom stereocenters. The van der Waals surface area contributed by atoms with E-state index in [1.165, 1.54) is 21.5 Å². The van der Waals surface area contributed by atoms with Gasteiger partial charge in [0.2, 0.25) is 0 Å². The standard InChI is InChI=1S/C23H14N3.C11H8N.Ir/c1-2-4-20-16(3-1)5-6-17-13-18(7-8-21(17)20)22-14-19(9-10-25-22)23-15-24-11-12-26-23;1-2-6-10(7-3-1)11-8-4-5-9-12-11;/h1-6,8-15H;1-6,8-9H;/q2*-1;. The van der Waals surface area contributed by atoms with Crippen molar-refractivity contribution in [2.45, 2.75) is 0 Å². The van der Waals surface area contributed by atoms with Crippen LogP contribution in [0.5, 0.6) is 0 Å². The number of hydrogen-bond acceptors (Lipinski definition) is 4. The van der Waals surface area contributed by atoms with Crippen molar-refractivity contribution in [1.29, 1.82) is 0 Å². The van der Waals surface area contributed by atoms with Gasteiger partial charge in [0.05, 0.1) is 11.9 Å². The van der Waals surface area contributed by atoms with Gasteiger partial charge in [-0.3, -0.25) is 9.97 Å². The Labute approximate surface area is 240 Å². The third-order valence-electron chi connectivity index (χ3n) is 6.22. The van der Waals surface area contributed by atoms with Crippen molar-refractivity contribution >= 4 is 21.5 Å². The van der Waals surface area contributed by atoms with E-state index in [0.717, 1.165) is 33.8 Å². The molecule has 0 fully saturated rings. The molecular formula is C34H22IrN4-2. The second kappa shape index (κ2) is 12.3. The summed E-state index contributed by atoms with van der Waals surface area (Å²) in [7, 11) is 0. The van der Waals surface area contributed by atoms with Crippen LogP contribution in [0.3, 0.4) is 0 Å². The number of rotatable bonds is 3. The molecule has 4 nitrogen and oxygen atoms in total. The predicted molar refractivity (Wildman–Crippen MR) is 153 cm³/mol. The number of fused-ring (bicyclic) bond motifs is 3. The maximum absolute atomic E-state index is 4.52. The van der Waals surface area contributed by atoms with Crippen molar-refractivity contribution in [2.24, 2.45) is 0 Å². The average Bonchev–Trinajstić information content (AvgIpc) is 3.02. The Morgan fingerprint density at radius 2 is 1.33 bits per heavy atom. The number of hydrogen-bond donors (Lipinski definition) is 0. The fourth-order valence-electron chi connectivity index (χ4n) is 4.35. The van der Waals surface area contributed by atoms with Gasteiger partial charge in [0.25, 0.3) is 0 Å². The molecule has 189 valence electrons. The van der Waals surface area contributed by atoms with Gasteiger partial charge in [0, 0.05) is 44.9 Å². The molecule has 7 aromatic rings. The summed E-state index contributed by atoms with van der Waals surface area (Å²) in [6.45, 7) is 0. The van der Waals surface area contributed by atoms with Crippen LogP contribution in [0.4, 0.5) is 0 Å². The first-order valence-corrected chi connectivity index (χ1v) is 12.3. The van der Waals surface area contributed by atoms with Crippen LogP contribution in [0, 0.1) is 12.1 Å². The Kier molecular flexibility index (Phi) is 8.23. The Morgan fingerprint density at radius 1 is 0.513 bits per heavy atom. The van der Waals surface area contributed by atoms with E-state index >= 15 is 0 Å². The van der Waals surface area contributed by atoms with Crippen molar-refractivity contribution in [1.82, 2.24) is 19.9 Å². The van der Waals surface area contributed by atoms with E-state index in [2.05, 4.69) is 80.6 Å². The van der Waals surface area contributed by atoms with Crippen LogP contribution in [0.15, 0.2) is 134 Å². The molecule has 0 aliphatic rings. The third-order valence-corrected chi connectivity index (χ3v) is 6.22. The van der Waals surface area contributed by atoms with E-state index in [1.54, 1.807) is 31.0 Å². The summed E-state index contributed by atoms with van der Waals surface area (Å²) in [6.07, 6.45) is 8.72. The normalized spacial score (nSPS) is 10.4. The van der Waals surface area contributed by atoms with Gasteiger partial charge < -0.3 is 9.97 Å². The van der Waals surface area contributed by atoms with Gasteiger partial charge in [0.15, 0.2) is 0 Å². The fraction of sp³-hybridized carbons (Fsp3) is 0. The molecule has 5 heteroatoms. The van der Waals surface area contributed by atoms with E-state index in [4.69, 9.17) is 0 Å². The smallest absolute Gasteiger partial charge is 0.0878 e. The molecule has 0 N–H and O–H groups in total. The topological polar surface area (TPSA) is 51.6 Å². The van der Waals surface area contributed by atoms with Gasteiger partial charge in [0.1, 0.15) is 0 Å². The van der Waals surface area contributed by atoms with E-state index < -0.39 is 0 Å². The Bertz CT molecular complexity index is 1770. The maximum Gasteiger partial charge on any atom is 0.0878 e. The minimum absolute atomic E-state index is 0. The summed E-state index contributed by atoms with van der Waals surface area (Å²) < 4.78 is 0. The number of benzene rings is 4. The average molecular weight is 679 g/mol. The second-order valence-corrected chi connectivity index (χ2v) is 8.65. The largest absolute Gasteiger partial charge is 0.305 e. The molecule has 3 heterocycles. The molecule has 0 spiro atoms. The Balaban J connectivity index is 0.000000200. The summed E-state index contributed by atoms with van der Waals surface area (Å²) in [5.74, 6) is 0. The van der Waals surface area contributed by atoms with Gasteiger partial charge >= 0.3 is 0 Å². The van der Waals surface area contributed by atoms with Crippen molar-refractivity contribution in [3.8, 4) is 33.8 Å². The van der Waals surface area contributed by atoms with Crippen LogP contribution in [0.2, 0.25) is 0 Å². The first kappa shape index (κ1) is 26.1. The molecular weight excluding hydrogens is 657 g/mol. The van der Waals surface area contributed by atoms with Crippen LogP contribution < -0.4 is 0 Å².